The van der Waals surface area contributed by atoms with Gasteiger partial charge in [-0.1, -0.05) is 110 Å². The molecule has 0 heterocycles. The Labute approximate surface area is 142 Å². The molecule has 0 radical (unpaired) electrons. The highest BCUT2D eigenvalue weighted by Gasteiger charge is 2.01. The molecule has 1 atom stereocenters. The minimum Gasteiger partial charge on any atom is -0.0885 e. The lowest BCUT2D eigenvalue weighted by Gasteiger charge is -2.10. The standard InChI is InChI=1S/C22H44/c1-4-6-8-10-12-13-14-15-17-19-21-22(3)20-18-16-11-9-7-5-2/h12-13,22H,4-11,14-21H2,1-3H3/b13-12+/t22-/m1/s1. The van der Waals surface area contributed by atoms with Crippen LogP contribution in [0, 0.1) is 5.92 Å². The Bertz CT molecular complexity index is 216. The summed E-state index contributed by atoms with van der Waals surface area (Å²) in [6.07, 6.45) is 27.3. The van der Waals surface area contributed by atoms with E-state index in [9.17, 15) is 0 Å². The van der Waals surface area contributed by atoms with E-state index in [4.69, 9.17) is 0 Å². The lowest BCUT2D eigenvalue weighted by Crippen LogP contribution is -1.95. The first-order valence-corrected chi connectivity index (χ1v) is 10.5. The van der Waals surface area contributed by atoms with Crippen LogP contribution in [0.15, 0.2) is 12.2 Å². The molecule has 0 aromatic heterocycles. The molecule has 0 bridgehead atoms. The van der Waals surface area contributed by atoms with Crippen molar-refractivity contribution >= 4 is 0 Å². The van der Waals surface area contributed by atoms with Crippen LogP contribution in [-0.2, 0) is 0 Å². The molecule has 0 fully saturated rings. The van der Waals surface area contributed by atoms with Gasteiger partial charge in [0.1, 0.15) is 0 Å². The zero-order valence-corrected chi connectivity index (χ0v) is 16.0. The van der Waals surface area contributed by atoms with Gasteiger partial charge >= 0.3 is 0 Å². The maximum absolute atomic E-state index is 2.46. The summed E-state index contributed by atoms with van der Waals surface area (Å²) in [4.78, 5) is 0. The Hall–Kier alpha value is -0.260. The average Bonchev–Trinajstić information content (AvgIpc) is 2.52. The van der Waals surface area contributed by atoms with Gasteiger partial charge in [-0.3, -0.25) is 0 Å². The maximum atomic E-state index is 2.46. The van der Waals surface area contributed by atoms with Crippen LogP contribution in [0.1, 0.15) is 124 Å². The molecule has 0 unspecified atom stereocenters. The zero-order chi connectivity index (χ0) is 16.3. The summed E-state index contributed by atoms with van der Waals surface area (Å²) in [5, 5.41) is 0. The van der Waals surface area contributed by atoms with Crippen molar-refractivity contribution in [1.82, 2.24) is 0 Å². The van der Waals surface area contributed by atoms with E-state index in [1.54, 1.807) is 0 Å². The normalized spacial score (nSPS) is 13.0. The number of rotatable bonds is 17. The van der Waals surface area contributed by atoms with Gasteiger partial charge in [0.15, 0.2) is 0 Å². The maximum Gasteiger partial charge on any atom is -0.0351 e. The molecule has 0 spiro atoms. The van der Waals surface area contributed by atoms with Gasteiger partial charge in [-0.2, -0.15) is 0 Å². The molecular weight excluding hydrogens is 264 g/mol. The molecule has 0 heteroatoms. The van der Waals surface area contributed by atoms with Crippen molar-refractivity contribution in [3.63, 3.8) is 0 Å². The van der Waals surface area contributed by atoms with Gasteiger partial charge in [0.05, 0.1) is 0 Å². The van der Waals surface area contributed by atoms with Crippen LogP contribution < -0.4 is 0 Å². The van der Waals surface area contributed by atoms with E-state index < -0.39 is 0 Å². The van der Waals surface area contributed by atoms with Crippen molar-refractivity contribution in [2.45, 2.75) is 124 Å². The molecule has 132 valence electrons. The third-order valence-corrected chi connectivity index (χ3v) is 4.76. The van der Waals surface area contributed by atoms with E-state index in [2.05, 4.69) is 32.9 Å². The Kier molecular flexibility index (Phi) is 18.6. The number of unbranched alkanes of at least 4 members (excludes halogenated alkanes) is 11. The van der Waals surface area contributed by atoms with Crippen LogP contribution in [0.2, 0.25) is 0 Å². The summed E-state index contributed by atoms with van der Waals surface area (Å²) in [6, 6.07) is 0. The van der Waals surface area contributed by atoms with Crippen molar-refractivity contribution in [3.05, 3.63) is 12.2 Å². The lowest BCUT2D eigenvalue weighted by atomic mass is 9.96. The van der Waals surface area contributed by atoms with E-state index in [1.807, 2.05) is 0 Å². The molecule has 0 aromatic carbocycles. The zero-order valence-electron chi connectivity index (χ0n) is 16.0. The first-order chi connectivity index (χ1) is 10.8. The number of hydrogen-bond acceptors (Lipinski definition) is 0. The molecule has 22 heavy (non-hydrogen) atoms. The Morgan fingerprint density at radius 2 is 0.955 bits per heavy atom. The quantitative estimate of drug-likeness (QED) is 0.187. The van der Waals surface area contributed by atoms with Crippen LogP contribution >= 0.6 is 0 Å². The molecule has 0 rings (SSSR count). The van der Waals surface area contributed by atoms with E-state index in [1.165, 1.54) is 103 Å². The molecule has 0 saturated carbocycles. The number of allylic oxidation sites excluding steroid dienone is 2. The van der Waals surface area contributed by atoms with Crippen molar-refractivity contribution < 1.29 is 0 Å². The molecular formula is C22H44. The summed E-state index contributed by atoms with van der Waals surface area (Å²) in [6.45, 7) is 7.03. The second-order valence-electron chi connectivity index (χ2n) is 7.27. The first kappa shape index (κ1) is 21.7. The Balaban J connectivity index is 3.19. The van der Waals surface area contributed by atoms with Gasteiger partial charge in [-0.05, 0) is 31.6 Å². The highest BCUT2D eigenvalue weighted by molar-refractivity contribution is 4.81. The first-order valence-electron chi connectivity index (χ1n) is 10.5. The van der Waals surface area contributed by atoms with Gasteiger partial charge in [0.2, 0.25) is 0 Å². The Morgan fingerprint density at radius 1 is 0.545 bits per heavy atom. The summed E-state index contributed by atoms with van der Waals surface area (Å²) in [7, 11) is 0. The van der Waals surface area contributed by atoms with E-state index in [0.29, 0.717) is 0 Å². The molecule has 0 aliphatic carbocycles. The van der Waals surface area contributed by atoms with E-state index in [-0.39, 0.29) is 0 Å². The molecule has 0 saturated heterocycles. The van der Waals surface area contributed by atoms with Gasteiger partial charge in [-0.25, -0.2) is 0 Å². The van der Waals surface area contributed by atoms with Gasteiger partial charge in [0, 0.05) is 0 Å². The summed E-state index contributed by atoms with van der Waals surface area (Å²) in [5.74, 6) is 0.954. The third kappa shape index (κ3) is 17.8. The fourth-order valence-electron chi connectivity index (χ4n) is 3.10. The van der Waals surface area contributed by atoms with Crippen molar-refractivity contribution in [2.24, 2.45) is 5.92 Å². The predicted molar refractivity (Wildman–Crippen MR) is 104 cm³/mol. The van der Waals surface area contributed by atoms with Gasteiger partial charge < -0.3 is 0 Å². The largest absolute Gasteiger partial charge is 0.0885 e. The minimum absolute atomic E-state index is 0.954. The monoisotopic (exact) mass is 308 g/mol. The van der Waals surface area contributed by atoms with Crippen LogP contribution in [0.4, 0.5) is 0 Å². The molecule has 0 N–H and O–H groups in total. The molecule has 0 nitrogen and oxygen atoms in total. The molecule has 0 amide bonds. The van der Waals surface area contributed by atoms with Crippen LogP contribution in [0.5, 0.6) is 0 Å². The van der Waals surface area contributed by atoms with Crippen LogP contribution in [0.25, 0.3) is 0 Å². The van der Waals surface area contributed by atoms with Crippen molar-refractivity contribution in [3.8, 4) is 0 Å². The third-order valence-electron chi connectivity index (χ3n) is 4.76. The van der Waals surface area contributed by atoms with E-state index >= 15 is 0 Å². The molecule has 0 aliphatic rings. The molecule has 0 aromatic rings. The highest BCUT2D eigenvalue weighted by Crippen LogP contribution is 2.18. The van der Waals surface area contributed by atoms with Gasteiger partial charge in [-0.15, -0.1) is 0 Å². The van der Waals surface area contributed by atoms with Crippen LogP contribution in [-0.4, -0.2) is 0 Å². The summed E-state index contributed by atoms with van der Waals surface area (Å²) in [5.41, 5.74) is 0. The lowest BCUT2D eigenvalue weighted by molar-refractivity contribution is 0.435. The summed E-state index contributed by atoms with van der Waals surface area (Å²) >= 11 is 0. The highest BCUT2D eigenvalue weighted by atomic mass is 14.1. The fourth-order valence-corrected chi connectivity index (χ4v) is 3.10. The SMILES string of the molecule is CCCCC/C=C/CCCCC[C@H](C)CCCCCCCC. The van der Waals surface area contributed by atoms with Crippen molar-refractivity contribution in [1.29, 1.82) is 0 Å². The minimum atomic E-state index is 0.954. The van der Waals surface area contributed by atoms with Gasteiger partial charge in [0.25, 0.3) is 0 Å². The smallest absolute Gasteiger partial charge is 0.0351 e. The Morgan fingerprint density at radius 3 is 1.55 bits per heavy atom. The predicted octanol–water partition coefficient (Wildman–Crippen LogP) is 8.46. The second-order valence-corrected chi connectivity index (χ2v) is 7.27. The summed E-state index contributed by atoms with van der Waals surface area (Å²) < 4.78 is 0. The molecule has 0 aliphatic heterocycles. The topological polar surface area (TPSA) is 0 Å². The average molecular weight is 309 g/mol. The number of hydrogen-bond donors (Lipinski definition) is 0. The van der Waals surface area contributed by atoms with Crippen molar-refractivity contribution in [2.75, 3.05) is 0 Å². The van der Waals surface area contributed by atoms with Crippen LogP contribution in [0.3, 0.4) is 0 Å². The fraction of sp³-hybridized carbons (Fsp3) is 0.909. The van der Waals surface area contributed by atoms with E-state index in [0.717, 1.165) is 5.92 Å². The second kappa shape index (κ2) is 18.8.